The van der Waals surface area contributed by atoms with E-state index >= 15 is 0 Å². The van der Waals surface area contributed by atoms with Crippen molar-refractivity contribution >= 4 is 22.6 Å². The standard InChI is InChI=1S/C26H21F3N2O4/c1-13-11-17(15(3)30-19-9-10-20(26(27,28)29)31-21(19)25(33)34)24-18(12-13)22(32)14(2)23(35-24)16-7-5-4-6-8-16/h4-12,15,30H,1-3H3,(H,33,34)/t15-/m1/s1. The minimum atomic E-state index is -4.78. The van der Waals surface area contributed by atoms with E-state index in [1.54, 1.807) is 32.9 Å². The largest absolute Gasteiger partial charge is 0.476 e. The summed E-state index contributed by atoms with van der Waals surface area (Å²) in [6.07, 6.45) is -4.78. The maximum absolute atomic E-state index is 13.2. The Bertz CT molecular complexity index is 1490. The van der Waals surface area contributed by atoms with Crippen LogP contribution in [0.3, 0.4) is 0 Å². The average Bonchev–Trinajstić information content (AvgIpc) is 2.81. The van der Waals surface area contributed by atoms with E-state index in [1.807, 2.05) is 30.3 Å². The van der Waals surface area contributed by atoms with Gasteiger partial charge in [0.25, 0.3) is 0 Å². The van der Waals surface area contributed by atoms with E-state index in [9.17, 15) is 27.9 Å². The summed E-state index contributed by atoms with van der Waals surface area (Å²) >= 11 is 0. The Balaban J connectivity index is 1.85. The van der Waals surface area contributed by atoms with Crippen molar-refractivity contribution in [1.29, 1.82) is 0 Å². The number of hydrogen-bond donors (Lipinski definition) is 2. The molecule has 0 fully saturated rings. The second kappa shape index (κ2) is 8.90. The Hall–Kier alpha value is -4.14. The predicted molar refractivity (Wildman–Crippen MR) is 126 cm³/mol. The fourth-order valence-electron chi connectivity index (χ4n) is 3.96. The number of nitrogens with one attached hydrogen (secondary N) is 1. The van der Waals surface area contributed by atoms with E-state index in [1.165, 1.54) is 0 Å². The van der Waals surface area contributed by atoms with Crippen LogP contribution in [0.25, 0.3) is 22.3 Å². The van der Waals surface area contributed by atoms with Gasteiger partial charge in [-0.1, -0.05) is 36.4 Å². The van der Waals surface area contributed by atoms with Crippen molar-refractivity contribution < 1.29 is 27.5 Å². The molecule has 6 nitrogen and oxygen atoms in total. The van der Waals surface area contributed by atoms with Crippen molar-refractivity contribution in [1.82, 2.24) is 4.98 Å². The van der Waals surface area contributed by atoms with Gasteiger partial charge in [0.1, 0.15) is 17.0 Å². The molecule has 0 bridgehead atoms. The van der Waals surface area contributed by atoms with Crippen LogP contribution in [0.2, 0.25) is 0 Å². The van der Waals surface area contributed by atoms with Crippen LogP contribution in [0.4, 0.5) is 18.9 Å². The number of carboxylic acid groups (broad SMARTS) is 1. The van der Waals surface area contributed by atoms with E-state index in [0.717, 1.165) is 17.2 Å². The monoisotopic (exact) mass is 482 g/mol. The quantitative estimate of drug-likeness (QED) is 0.344. The molecule has 0 amide bonds. The highest BCUT2D eigenvalue weighted by atomic mass is 19.4. The maximum atomic E-state index is 13.2. The Labute approximate surface area is 198 Å². The summed E-state index contributed by atoms with van der Waals surface area (Å²) in [5.74, 6) is -1.20. The number of aromatic carboxylic acids is 1. The van der Waals surface area contributed by atoms with Gasteiger partial charge >= 0.3 is 12.1 Å². The summed E-state index contributed by atoms with van der Waals surface area (Å²) in [4.78, 5) is 28.1. The third-order valence-electron chi connectivity index (χ3n) is 5.65. The number of aromatic nitrogens is 1. The number of pyridine rings is 1. The van der Waals surface area contributed by atoms with Gasteiger partial charge in [-0.15, -0.1) is 0 Å². The number of nitrogens with zero attached hydrogens (tertiary/aromatic N) is 1. The highest BCUT2D eigenvalue weighted by Gasteiger charge is 2.34. The average molecular weight is 482 g/mol. The summed E-state index contributed by atoms with van der Waals surface area (Å²) < 4.78 is 45.3. The lowest BCUT2D eigenvalue weighted by atomic mass is 9.98. The topological polar surface area (TPSA) is 92.4 Å². The van der Waals surface area contributed by atoms with Crippen molar-refractivity contribution in [2.24, 2.45) is 0 Å². The van der Waals surface area contributed by atoms with Crippen molar-refractivity contribution in [3.63, 3.8) is 0 Å². The van der Waals surface area contributed by atoms with Crippen molar-refractivity contribution in [2.75, 3.05) is 5.32 Å². The van der Waals surface area contributed by atoms with E-state index in [2.05, 4.69) is 10.3 Å². The SMILES string of the molecule is Cc1cc([C@@H](C)Nc2ccc(C(F)(F)F)nc2C(=O)O)c2oc(-c3ccccc3)c(C)c(=O)c2c1. The van der Waals surface area contributed by atoms with Crippen LogP contribution in [0.15, 0.2) is 63.8 Å². The van der Waals surface area contributed by atoms with Gasteiger partial charge in [0.15, 0.2) is 11.1 Å². The smallest absolute Gasteiger partial charge is 0.433 e. The molecule has 9 heteroatoms. The van der Waals surface area contributed by atoms with E-state index < -0.39 is 29.6 Å². The van der Waals surface area contributed by atoms with Gasteiger partial charge in [0.2, 0.25) is 0 Å². The molecule has 0 aliphatic rings. The number of rotatable bonds is 5. The van der Waals surface area contributed by atoms with Gasteiger partial charge in [-0.25, -0.2) is 9.78 Å². The highest BCUT2D eigenvalue weighted by molar-refractivity contribution is 5.92. The fourth-order valence-corrected chi connectivity index (χ4v) is 3.96. The molecular weight excluding hydrogens is 461 g/mol. The number of anilines is 1. The van der Waals surface area contributed by atoms with Gasteiger partial charge in [-0.2, -0.15) is 13.2 Å². The summed E-state index contributed by atoms with van der Waals surface area (Å²) in [7, 11) is 0. The van der Waals surface area contributed by atoms with Crippen LogP contribution in [0.5, 0.6) is 0 Å². The number of halogens is 3. The molecule has 0 saturated heterocycles. The van der Waals surface area contributed by atoms with Gasteiger partial charge < -0.3 is 14.8 Å². The number of carboxylic acids is 1. The first-order valence-electron chi connectivity index (χ1n) is 10.7. The third kappa shape index (κ3) is 4.62. The van der Waals surface area contributed by atoms with Crippen molar-refractivity contribution in [3.05, 3.63) is 92.9 Å². The molecule has 2 N–H and O–H groups in total. The first-order chi connectivity index (χ1) is 16.5. The summed E-state index contributed by atoms with van der Waals surface area (Å²) in [6.45, 7) is 5.18. The van der Waals surface area contributed by atoms with Gasteiger partial charge in [-0.3, -0.25) is 4.79 Å². The molecule has 180 valence electrons. The van der Waals surface area contributed by atoms with Crippen molar-refractivity contribution in [2.45, 2.75) is 33.0 Å². The minimum Gasteiger partial charge on any atom is -0.476 e. The van der Waals surface area contributed by atoms with Crippen molar-refractivity contribution in [3.8, 4) is 11.3 Å². The second-order valence-electron chi connectivity index (χ2n) is 8.24. The molecule has 4 aromatic rings. The first-order valence-corrected chi connectivity index (χ1v) is 10.7. The lowest BCUT2D eigenvalue weighted by Gasteiger charge is -2.20. The fraction of sp³-hybridized carbons (Fsp3) is 0.192. The van der Waals surface area contributed by atoms with Crippen LogP contribution < -0.4 is 10.7 Å². The minimum absolute atomic E-state index is 0.0922. The lowest BCUT2D eigenvalue weighted by molar-refractivity contribution is -0.141. The van der Waals surface area contributed by atoms with Gasteiger partial charge in [0, 0.05) is 16.7 Å². The Morgan fingerprint density at radius 3 is 2.40 bits per heavy atom. The zero-order valence-corrected chi connectivity index (χ0v) is 19.0. The molecule has 0 saturated carbocycles. The zero-order valence-electron chi connectivity index (χ0n) is 19.0. The highest BCUT2D eigenvalue weighted by Crippen LogP contribution is 2.34. The second-order valence-corrected chi connectivity index (χ2v) is 8.24. The molecule has 0 aliphatic carbocycles. The number of benzene rings is 2. The maximum Gasteiger partial charge on any atom is 0.433 e. The molecule has 1 atom stereocenters. The van der Waals surface area contributed by atoms with Gasteiger partial charge in [-0.05, 0) is 44.5 Å². The van der Waals surface area contributed by atoms with E-state index in [4.69, 9.17) is 4.42 Å². The molecular formula is C26H21F3N2O4. The molecule has 0 aliphatic heterocycles. The zero-order chi connectivity index (χ0) is 25.5. The molecule has 2 aromatic heterocycles. The molecule has 2 heterocycles. The van der Waals surface area contributed by atoms with Crippen LogP contribution in [-0.4, -0.2) is 16.1 Å². The summed E-state index contributed by atoms with van der Waals surface area (Å²) in [5.41, 5.74) is 0.429. The molecule has 0 spiro atoms. The van der Waals surface area contributed by atoms with Crippen LogP contribution >= 0.6 is 0 Å². The molecule has 4 rings (SSSR count). The molecule has 2 aromatic carbocycles. The Kier molecular flexibility index (Phi) is 6.10. The molecule has 0 radical (unpaired) electrons. The first kappa shape index (κ1) is 24.0. The van der Waals surface area contributed by atoms with Gasteiger partial charge in [0.05, 0.1) is 17.1 Å². The lowest BCUT2D eigenvalue weighted by Crippen LogP contribution is -2.17. The normalized spacial score (nSPS) is 12.5. The van der Waals surface area contributed by atoms with Crippen LogP contribution in [-0.2, 0) is 6.18 Å². The van der Waals surface area contributed by atoms with E-state index in [0.29, 0.717) is 33.9 Å². The van der Waals surface area contributed by atoms with Crippen LogP contribution in [0.1, 0.15) is 45.8 Å². The number of fused-ring (bicyclic) bond motifs is 1. The van der Waals surface area contributed by atoms with E-state index in [-0.39, 0.29) is 11.1 Å². The number of carbonyl (C=O) groups is 1. The Morgan fingerprint density at radius 2 is 1.77 bits per heavy atom. The summed E-state index contributed by atoms with van der Waals surface area (Å²) in [5, 5.41) is 12.7. The Morgan fingerprint density at radius 1 is 1.09 bits per heavy atom. The number of alkyl halides is 3. The molecule has 0 unspecified atom stereocenters. The number of hydrogen-bond acceptors (Lipinski definition) is 5. The third-order valence-corrected chi connectivity index (χ3v) is 5.65. The molecule has 35 heavy (non-hydrogen) atoms. The summed E-state index contributed by atoms with van der Waals surface area (Å²) in [6, 6.07) is 13.7. The number of aryl methyl sites for hydroxylation is 1. The van der Waals surface area contributed by atoms with Crippen LogP contribution in [0, 0.1) is 13.8 Å². The predicted octanol–water partition coefficient (Wildman–Crippen LogP) is 6.36.